The topological polar surface area (TPSA) is 74.7 Å². The van der Waals surface area contributed by atoms with Gasteiger partial charge in [-0.3, -0.25) is 19.3 Å². The summed E-state index contributed by atoms with van der Waals surface area (Å²) in [5.41, 5.74) is 2.58. The number of carbonyl (C=O) groups is 3. The van der Waals surface area contributed by atoms with Crippen LogP contribution in [0.25, 0.3) is 0 Å². The van der Waals surface area contributed by atoms with Crippen molar-refractivity contribution in [3.63, 3.8) is 0 Å². The normalized spacial score (nSPS) is 14.6. The fraction of sp³-hybridized carbons (Fsp3) is 0.211. The van der Waals surface area contributed by atoms with E-state index in [2.05, 4.69) is 0 Å². The van der Waals surface area contributed by atoms with Crippen LogP contribution in [-0.2, 0) is 11.2 Å². The number of carbonyl (C=O) groups excluding carboxylic acids is 2. The highest BCUT2D eigenvalue weighted by molar-refractivity contribution is 6.21. The number of rotatable bonds is 5. The van der Waals surface area contributed by atoms with Gasteiger partial charge in [0.2, 0.25) is 0 Å². The third-order valence-corrected chi connectivity index (χ3v) is 4.35. The molecule has 0 spiro atoms. The van der Waals surface area contributed by atoms with E-state index in [4.69, 9.17) is 5.11 Å². The molecule has 3 rings (SSSR count). The summed E-state index contributed by atoms with van der Waals surface area (Å²) in [5.74, 6) is -1.94. The third-order valence-electron chi connectivity index (χ3n) is 4.35. The monoisotopic (exact) mass is 323 g/mol. The van der Waals surface area contributed by atoms with Gasteiger partial charge in [0.05, 0.1) is 17.0 Å². The standard InChI is InChI=1S/C19H17NO4/c1-12(19(23)24)14-8-6-13(7-9-14)10-11-20-17(21)15-4-2-3-5-16(15)18(20)22/h2-9,12H,10-11H2,1H3,(H,23,24)/t12-/m0/s1. The Labute approximate surface area is 139 Å². The predicted octanol–water partition coefficient (Wildman–Crippen LogP) is 2.71. The Bertz CT molecular complexity index is 775. The number of hydrogen-bond acceptors (Lipinski definition) is 3. The third kappa shape index (κ3) is 2.80. The van der Waals surface area contributed by atoms with Gasteiger partial charge in [-0.1, -0.05) is 36.4 Å². The van der Waals surface area contributed by atoms with Gasteiger partial charge < -0.3 is 5.11 Å². The van der Waals surface area contributed by atoms with E-state index in [0.29, 0.717) is 24.1 Å². The molecule has 1 heterocycles. The SMILES string of the molecule is C[C@H](C(=O)O)c1ccc(CCN2C(=O)c3ccccc3C2=O)cc1. The van der Waals surface area contributed by atoms with E-state index in [9.17, 15) is 14.4 Å². The fourth-order valence-corrected chi connectivity index (χ4v) is 2.80. The Kier molecular flexibility index (Phi) is 4.16. The number of amides is 2. The van der Waals surface area contributed by atoms with Crippen molar-refractivity contribution in [2.45, 2.75) is 19.3 Å². The predicted molar refractivity (Wildman–Crippen MR) is 88.0 cm³/mol. The molecule has 5 nitrogen and oxygen atoms in total. The molecule has 2 amide bonds. The molecule has 1 aliphatic rings. The Balaban J connectivity index is 1.68. The van der Waals surface area contributed by atoms with Crippen LogP contribution in [0.15, 0.2) is 48.5 Å². The minimum absolute atomic E-state index is 0.258. The molecule has 0 bridgehead atoms. The maximum Gasteiger partial charge on any atom is 0.310 e. The van der Waals surface area contributed by atoms with Gasteiger partial charge >= 0.3 is 5.97 Å². The van der Waals surface area contributed by atoms with Crippen LogP contribution in [0, 0.1) is 0 Å². The molecule has 1 aliphatic heterocycles. The molecule has 1 N–H and O–H groups in total. The first-order valence-corrected chi connectivity index (χ1v) is 7.76. The number of carboxylic acids is 1. The zero-order chi connectivity index (χ0) is 17.3. The summed E-state index contributed by atoms with van der Waals surface area (Å²) in [6.07, 6.45) is 0.535. The van der Waals surface area contributed by atoms with Gasteiger partial charge in [0.25, 0.3) is 11.8 Å². The molecule has 0 fully saturated rings. The lowest BCUT2D eigenvalue weighted by Gasteiger charge is -2.14. The van der Waals surface area contributed by atoms with Crippen LogP contribution in [0.1, 0.15) is 44.7 Å². The molecule has 2 aromatic rings. The number of carboxylic acid groups (broad SMARTS) is 1. The first-order chi connectivity index (χ1) is 11.5. The molecule has 0 saturated heterocycles. The number of benzene rings is 2. The minimum atomic E-state index is -0.867. The average molecular weight is 323 g/mol. The largest absolute Gasteiger partial charge is 0.481 e. The minimum Gasteiger partial charge on any atom is -0.481 e. The molecule has 1 atom stereocenters. The number of hydrogen-bond donors (Lipinski definition) is 1. The molecule has 0 radical (unpaired) electrons. The van der Waals surface area contributed by atoms with Crippen LogP contribution in [0.4, 0.5) is 0 Å². The highest BCUT2D eigenvalue weighted by atomic mass is 16.4. The van der Waals surface area contributed by atoms with Crippen LogP contribution < -0.4 is 0 Å². The zero-order valence-electron chi connectivity index (χ0n) is 13.2. The summed E-state index contributed by atoms with van der Waals surface area (Å²) in [6, 6.07) is 14.0. The van der Waals surface area contributed by atoms with Gasteiger partial charge in [-0.2, -0.15) is 0 Å². The molecule has 0 unspecified atom stereocenters. The molecule has 2 aromatic carbocycles. The quantitative estimate of drug-likeness (QED) is 0.859. The van der Waals surface area contributed by atoms with Crippen molar-refractivity contribution < 1.29 is 19.5 Å². The number of fused-ring (bicyclic) bond motifs is 1. The van der Waals surface area contributed by atoms with Crippen LogP contribution in [0.3, 0.4) is 0 Å². The molecular weight excluding hydrogens is 306 g/mol. The lowest BCUT2D eigenvalue weighted by Crippen LogP contribution is -2.31. The van der Waals surface area contributed by atoms with Crippen molar-refractivity contribution in [2.75, 3.05) is 6.54 Å². The van der Waals surface area contributed by atoms with Gasteiger partial charge in [0.15, 0.2) is 0 Å². The average Bonchev–Trinajstić information content (AvgIpc) is 2.84. The molecule has 0 aromatic heterocycles. The Morgan fingerprint density at radius 3 is 2.04 bits per heavy atom. The molecule has 0 aliphatic carbocycles. The van der Waals surface area contributed by atoms with Crippen molar-refractivity contribution in [1.29, 1.82) is 0 Å². The number of nitrogens with zero attached hydrogens (tertiary/aromatic N) is 1. The van der Waals surface area contributed by atoms with Crippen LogP contribution in [-0.4, -0.2) is 34.3 Å². The van der Waals surface area contributed by atoms with Crippen LogP contribution in [0.2, 0.25) is 0 Å². The second-order valence-corrected chi connectivity index (χ2v) is 5.86. The van der Waals surface area contributed by atoms with Gasteiger partial charge in [-0.05, 0) is 36.6 Å². The van der Waals surface area contributed by atoms with Crippen molar-refractivity contribution in [3.05, 3.63) is 70.8 Å². The fourth-order valence-electron chi connectivity index (χ4n) is 2.80. The van der Waals surface area contributed by atoms with Crippen molar-refractivity contribution in [3.8, 4) is 0 Å². The maximum absolute atomic E-state index is 12.3. The molecule has 24 heavy (non-hydrogen) atoms. The van der Waals surface area contributed by atoms with Crippen molar-refractivity contribution in [1.82, 2.24) is 4.90 Å². The first kappa shape index (κ1) is 15.9. The zero-order valence-corrected chi connectivity index (χ0v) is 13.2. The second-order valence-electron chi connectivity index (χ2n) is 5.86. The number of imide groups is 1. The second kappa shape index (κ2) is 6.28. The summed E-state index contributed by atoms with van der Waals surface area (Å²) in [6.45, 7) is 1.94. The van der Waals surface area contributed by atoms with E-state index in [-0.39, 0.29) is 11.8 Å². The van der Waals surface area contributed by atoms with E-state index < -0.39 is 11.9 Å². The highest BCUT2D eigenvalue weighted by Gasteiger charge is 2.34. The smallest absolute Gasteiger partial charge is 0.310 e. The number of aliphatic carboxylic acids is 1. The maximum atomic E-state index is 12.3. The lowest BCUT2D eigenvalue weighted by molar-refractivity contribution is -0.138. The van der Waals surface area contributed by atoms with Gasteiger partial charge in [-0.15, -0.1) is 0 Å². The van der Waals surface area contributed by atoms with Gasteiger partial charge in [0.1, 0.15) is 0 Å². The van der Waals surface area contributed by atoms with Crippen LogP contribution >= 0.6 is 0 Å². The first-order valence-electron chi connectivity index (χ1n) is 7.76. The molecule has 0 saturated carbocycles. The molecular formula is C19H17NO4. The van der Waals surface area contributed by atoms with E-state index in [1.54, 1.807) is 43.3 Å². The van der Waals surface area contributed by atoms with Crippen molar-refractivity contribution >= 4 is 17.8 Å². The van der Waals surface area contributed by atoms with E-state index in [0.717, 1.165) is 11.1 Å². The van der Waals surface area contributed by atoms with Crippen molar-refractivity contribution in [2.24, 2.45) is 0 Å². The summed E-state index contributed by atoms with van der Waals surface area (Å²) in [5, 5.41) is 9.01. The molecule has 122 valence electrons. The summed E-state index contributed by atoms with van der Waals surface area (Å²) in [4.78, 5) is 36.8. The van der Waals surface area contributed by atoms with Gasteiger partial charge in [0, 0.05) is 6.54 Å². The Morgan fingerprint density at radius 2 is 1.54 bits per heavy atom. The van der Waals surface area contributed by atoms with Gasteiger partial charge in [-0.25, -0.2) is 0 Å². The van der Waals surface area contributed by atoms with E-state index >= 15 is 0 Å². The van der Waals surface area contributed by atoms with Crippen LogP contribution in [0.5, 0.6) is 0 Å². The Morgan fingerprint density at radius 1 is 1.00 bits per heavy atom. The summed E-state index contributed by atoms with van der Waals surface area (Å²) >= 11 is 0. The molecule has 5 heteroatoms. The Hall–Kier alpha value is -2.95. The lowest BCUT2D eigenvalue weighted by atomic mass is 9.99. The van der Waals surface area contributed by atoms with E-state index in [1.807, 2.05) is 12.1 Å². The highest BCUT2D eigenvalue weighted by Crippen LogP contribution is 2.23. The summed E-state index contributed by atoms with van der Waals surface area (Å²) in [7, 11) is 0. The summed E-state index contributed by atoms with van der Waals surface area (Å²) < 4.78 is 0. The van der Waals surface area contributed by atoms with E-state index in [1.165, 1.54) is 4.90 Å².